The molecule has 1 aromatic carbocycles. The molecule has 94 valence electrons. The van der Waals surface area contributed by atoms with Gasteiger partial charge in [0.25, 0.3) is 0 Å². The van der Waals surface area contributed by atoms with Gasteiger partial charge in [0, 0.05) is 30.9 Å². The molecule has 1 N–H and O–H groups in total. The number of hydrogen-bond acceptors (Lipinski definition) is 2. The number of aryl methyl sites for hydroxylation is 1. The van der Waals surface area contributed by atoms with Gasteiger partial charge in [-0.05, 0) is 23.8 Å². The van der Waals surface area contributed by atoms with E-state index in [-0.39, 0.29) is 11.4 Å². The molecule has 0 unspecified atom stereocenters. The third-order valence-electron chi connectivity index (χ3n) is 2.58. The minimum atomic E-state index is -0.356. The van der Waals surface area contributed by atoms with Crippen molar-refractivity contribution in [2.75, 3.05) is 5.32 Å². The zero-order valence-corrected chi connectivity index (χ0v) is 10.5. The van der Waals surface area contributed by atoms with Crippen LogP contribution in [0.4, 0.5) is 10.1 Å². The molecule has 0 aliphatic rings. The van der Waals surface area contributed by atoms with Crippen LogP contribution in [0, 0.1) is 5.82 Å². The second-order valence-corrected chi connectivity index (χ2v) is 4.36. The van der Waals surface area contributed by atoms with Crippen LogP contribution in [0.2, 0.25) is 5.02 Å². The summed E-state index contributed by atoms with van der Waals surface area (Å²) in [6.45, 7) is 0.470. The summed E-state index contributed by atoms with van der Waals surface area (Å²) >= 11 is 5.92. The predicted molar refractivity (Wildman–Crippen MR) is 70.4 cm³/mol. The molecule has 0 aliphatic carbocycles. The van der Waals surface area contributed by atoms with Gasteiger partial charge in [-0.3, -0.25) is 4.79 Å². The maximum Gasteiger partial charge on any atom is 0.250 e. The molecule has 0 fully saturated rings. The van der Waals surface area contributed by atoms with Crippen LogP contribution in [-0.2, 0) is 13.6 Å². The molecule has 2 rings (SSSR count). The van der Waals surface area contributed by atoms with E-state index in [2.05, 4.69) is 5.32 Å². The quantitative estimate of drug-likeness (QED) is 0.927. The van der Waals surface area contributed by atoms with Crippen LogP contribution in [0.25, 0.3) is 0 Å². The number of hydrogen-bond donors (Lipinski definition) is 1. The molecule has 0 saturated carbocycles. The van der Waals surface area contributed by atoms with Crippen LogP contribution >= 0.6 is 11.6 Å². The summed E-state index contributed by atoms with van der Waals surface area (Å²) in [7, 11) is 1.68. The average Bonchev–Trinajstić information content (AvgIpc) is 2.32. The largest absolute Gasteiger partial charge is 0.380 e. The minimum absolute atomic E-state index is 0.0691. The lowest BCUT2D eigenvalue weighted by Gasteiger charge is -2.09. The van der Waals surface area contributed by atoms with E-state index in [1.54, 1.807) is 25.4 Å². The average molecular weight is 267 g/mol. The molecule has 0 aliphatic heterocycles. The molecule has 0 saturated heterocycles. The van der Waals surface area contributed by atoms with E-state index >= 15 is 0 Å². The van der Waals surface area contributed by atoms with Crippen LogP contribution in [0.3, 0.4) is 0 Å². The SMILES string of the molecule is Cn1cc(NCc2ccc(F)cc2Cl)ccc1=O. The van der Waals surface area contributed by atoms with E-state index in [0.29, 0.717) is 11.6 Å². The van der Waals surface area contributed by atoms with Crippen LogP contribution in [-0.4, -0.2) is 4.57 Å². The Morgan fingerprint density at radius 1 is 1.33 bits per heavy atom. The van der Waals surface area contributed by atoms with Crippen molar-refractivity contribution in [2.45, 2.75) is 6.54 Å². The molecular weight excluding hydrogens is 255 g/mol. The molecule has 1 aromatic heterocycles. The molecule has 1 heterocycles. The summed E-state index contributed by atoms with van der Waals surface area (Å²) in [5.41, 5.74) is 1.53. The summed E-state index contributed by atoms with van der Waals surface area (Å²) in [6.07, 6.45) is 1.69. The third-order valence-corrected chi connectivity index (χ3v) is 2.94. The van der Waals surface area contributed by atoms with Gasteiger partial charge in [0.2, 0.25) is 5.56 Å². The van der Waals surface area contributed by atoms with E-state index in [9.17, 15) is 9.18 Å². The van der Waals surface area contributed by atoms with Crippen LogP contribution < -0.4 is 10.9 Å². The molecule has 0 atom stereocenters. The first-order chi connectivity index (χ1) is 8.56. The second-order valence-electron chi connectivity index (χ2n) is 3.96. The summed E-state index contributed by atoms with van der Waals surface area (Å²) < 4.78 is 14.3. The number of nitrogens with zero attached hydrogens (tertiary/aromatic N) is 1. The standard InChI is InChI=1S/C13H12ClFN2O/c1-17-8-11(4-5-13(17)18)16-7-9-2-3-10(15)6-12(9)14/h2-6,8,16H,7H2,1H3. The van der Waals surface area contributed by atoms with Crippen LogP contribution in [0.1, 0.15) is 5.56 Å². The summed E-state index contributed by atoms with van der Waals surface area (Å²) in [5, 5.41) is 3.50. The monoisotopic (exact) mass is 266 g/mol. The number of benzene rings is 1. The summed E-state index contributed by atoms with van der Waals surface area (Å²) in [6, 6.07) is 7.45. The van der Waals surface area contributed by atoms with E-state index in [1.165, 1.54) is 22.8 Å². The van der Waals surface area contributed by atoms with Crippen molar-refractivity contribution in [2.24, 2.45) is 7.05 Å². The highest BCUT2D eigenvalue weighted by Gasteiger charge is 2.02. The van der Waals surface area contributed by atoms with Gasteiger partial charge in [-0.2, -0.15) is 0 Å². The Balaban J connectivity index is 2.11. The smallest absolute Gasteiger partial charge is 0.250 e. The molecular formula is C13H12ClFN2O. The molecule has 5 heteroatoms. The van der Waals surface area contributed by atoms with Crippen LogP contribution in [0.15, 0.2) is 41.3 Å². The van der Waals surface area contributed by atoms with Crippen molar-refractivity contribution in [1.82, 2.24) is 4.57 Å². The first-order valence-corrected chi connectivity index (χ1v) is 5.78. The highest BCUT2D eigenvalue weighted by atomic mass is 35.5. The number of aromatic nitrogens is 1. The lowest BCUT2D eigenvalue weighted by molar-refractivity contribution is 0.627. The van der Waals surface area contributed by atoms with Gasteiger partial charge >= 0.3 is 0 Å². The maximum absolute atomic E-state index is 12.9. The molecule has 18 heavy (non-hydrogen) atoms. The zero-order chi connectivity index (χ0) is 13.1. The Morgan fingerprint density at radius 3 is 2.78 bits per heavy atom. The van der Waals surface area contributed by atoms with E-state index in [0.717, 1.165) is 11.3 Å². The van der Waals surface area contributed by atoms with Crippen molar-refractivity contribution in [3.63, 3.8) is 0 Å². The third kappa shape index (κ3) is 2.90. The molecule has 0 spiro atoms. The molecule has 0 radical (unpaired) electrons. The van der Waals surface area contributed by atoms with Gasteiger partial charge in [0.15, 0.2) is 0 Å². The highest BCUT2D eigenvalue weighted by Crippen LogP contribution is 2.18. The second kappa shape index (κ2) is 5.23. The van der Waals surface area contributed by atoms with Crippen molar-refractivity contribution in [3.8, 4) is 0 Å². The topological polar surface area (TPSA) is 34.0 Å². The Morgan fingerprint density at radius 2 is 2.11 bits per heavy atom. The lowest BCUT2D eigenvalue weighted by Crippen LogP contribution is -2.15. The highest BCUT2D eigenvalue weighted by molar-refractivity contribution is 6.31. The van der Waals surface area contributed by atoms with E-state index in [4.69, 9.17) is 11.6 Å². The normalized spacial score (nSPS) is 10.4. The van der Waals surface area contributed by atoms with Gasteiger partial charge in [-0.15, -0.1) is 0 Å². The minimum Gasteiger partial charge on any atom is -0.380 e. The van der Waals surface area contributed by atoms with Gasteiger partial charge in [0.05, 0.1) is 5.69 Å². The summed E-state index contributed by atoms with van der Waals surface area (Å²) in [5.74, 6) is -0.356. The van der Waals surface area contributed by atoms with Gasteiger partial charge < -0.3 is 9.88 Å². The van der Waals surface area contributed by atoms with Crippen molar-refractivity contribution >= 4 is 17.3 Å². The van der Waals surface area contributed by atoms with E-state index in [1.807, 2.05) is 0 Å². The van der Waals surface area contributed by atoms with Crippen molar-refractivity contribution < 1.29 is 4.39 Å². The van der Waals surface area contributed by atoms with E-state index < -0.39 is 0 Å². The van der Waals surface area contributed by atoms with Gasteiger partial charge in [-0.1, -0.05) is 17.7 Å². The Labute approximate surface area is 109 Å². The first-order valence-electron chi connectivity index (χ1n) is 5.41. The number of rotatable bonds is 3. The van der Waals surface area contributed by atoms with Crippen molar-refractivity contribution in [1.29, 1.82) is 0 Å². The Bertz CT molecular complexity index is 625. The predicted octanol–water partition coefficient (Wildman–Crippen LogP) is 2.79. The Hall–Kier alpha value is -1.81. The fourth-order valence-electron chi connectivity index (χ4n) is 1.56. The first kappa shape index (κ1) is 12.6. The van der Waals surface area contributed by atoms with Crippen molar-refractivity contribution in [3.05, 3.63) is 63.3 Å². The van der Waals surface area contributed by atoms with Gasteiger partial charge in [0.1, 0.15) is 5.82 Å². The fraction of sp³-hybridized carbons (Fsp3) is 0.154. The molecule has 2 aromatic rings. The lowest BCUT2D eigenvalue weighted by atomic mass is 10.2. The fourth-order valence-corrected chi connectivity index (χ4v) is 1.79. The van der Waals surface area contributed by atoms with Gasteiger partial charge in [-0.25, -0.2) is 4.39 Å². The molecule has 3 nitrogen and oxygen atoms in total. The number of halogens is 2. The zero-order valence-electron chi connectivity index (χ0n) is 9.78. The number of anilines is 1. The number of nitrogens with one attached hydrogen (secondary N) is 1. The van der Waals surface area contributed by atoms with Crippen LogP contribution in [0.5, 0.6) is 0 Å². The summed E-state index contributed by atoms with van der Waals surface area (Å²) in [4.78, 5) is 11.2. The Kier molecular flexibility index (Phi) is 3.67. The molecule has 0 bridgehead atoms. The maximum atomic E-state index is 12.9. The molecule has 0 amide bonds. The number of pyridine rings is 1.